The van der Waals surface area contributed by atoms with Crippen molar-refractivity contribution in [3.05, 3.63) is 29.5 Å². The van der Waals surface area contributed by atoms with Gasteiger partial charge in [0, 0.05) is 13.6 Å². The lowest BCUT2D eigenvalue weighted by molar-refractivity contribution is 0.573. The Balaban J connectivity index is 1.52. The number of aromatic nitrogens is 1. The van der Waals surface area contributed by atoms with Gasteiger partial charge in [-0.1, -0.05) is 6.07 Å². The standard InChI is InChI=1S/C14H18N4OS/c1-15-14(16-7-10-4-5-10)17-8-11-9-19-13(18-11)12-3-2-6-20-12/h2-3,6,9-10H,4-5,7-8H2,1H3,(H2,15,16,17). The van der Waals surface area contributed by atoms with Crippen molar-refractivity contribution in [2.24, 2.45) is 10.9 Å². The third-order valence-corrected chi connectivity index (χ3v) is 4.06. The number of oxazole rings is 1. The molecule has 0 atom stereocenters. The molecular weight excluding hydrogens is 272 g/mol. The molecule has 1 saturated carbocycles. The highest BCUT2D eigenvalue weighted by molar-refractivity contribution is 7.13. The third kappa shape index (κ3) is 3.39. The first kappa shape index (κ1) is 13.2. The molecule has 0 saturated heterocycles. The van der Waals surface area contributed by atoms with Crippen LogP contribution in [0.15, 0.2) is 33.2 Å². The van der Waals surface area contributed by atoms with E-state index in [1.807, 2.05) is 17.5 Å². The zero-order valence-corrected chi connectivity index (χ0v) is 12.2. The van der Waals surface area contributed by atoms with Gasteiger partial charge in [-0.05, 0) is 30.2 Å². The van der Waals surface area contributed by atoms with E-state index in [0.29, 0.717) is 12.4 Å². The lowest BCUT2D eigenvalue weighted by atomic mass is 10.4. The quantitative estimate of drug-likeness (QED) is 0.656. The van der Waals surface area contributed by atoms with Crippen LogP contribution in [0.1, 0.15) is 18.5 Å². The molecule has 3 rings (SSSR count). The van der Waals surface area contributed by atoms with Crippen LogP contribution in [0, 0.1) is 5.92 Å². The number of rotatable bonds is 5. The lowest BCUT2D eigenvalue weighted by Gasteiger charge is -2.09. The maximum atomic E-state index is 5.48. The van der Waals surface area contributed by atoms with Gasteiger partial charge in [-0.25, -0.2) is 4.98 Å². The highest BCUT2D eigenvalue weighted by Crippen LogP contribution is 2.27. The van der Waals surface area contributed by atoms with E-state index in [0.717, 1.165) is 29.0 Å². The fourth-order valence-corrected chi connectivity index (χ4v) is 2.51. The van der Waals surface area contributed by atoms with Gasteiger partial charge in [0.2, 0.25) is 5.89 Å². The largest absolute Gasteiger partial charge is 0.443 e. The summed E-state index contributed by atoms with van der Waals surface area (Å²) in [6.07, 6.45) is 4.35. The van der Waals surface area contributed by atoms with Crippen LogP contribution in [0.5, 0.6) is 0 Å². The summed E-state index contributed by atoms with van der Waals surface area (Å²) in [5.74, 6) is 2.32. The number of nitrogens with zero attached hydrogens (tertiary/aromatic N) is 2. The Morgan fingerprint density at radius 3 is 3.10 bits per heavy atom. The second-order valence-electron chi connectivity index (χ2n) is 4.87. The maximum absolute atomic E-state index is 5.48. The van der Waals surface area contributed by atoms with Gasteiger partial charge in [-0.3, -0.25) is 4.99 Å². The summed E-state index contributed by atoms with van der Waals surface area (Å²) in [5, 5.41) is 8.58. The second-order valence-corrected chi connectivity index (χ2v) is 5.82. The molecule has 1 fully saturated rings. The van der Waals surface area contributed by atoms with Gasteiger partial charge in [-0.15, -0.1) is 11.3 Å². The Morgan fingerprint density at radius 1 is 1.50 bits per heavy atom. The number of nitrogens with one attached hydrogen (secondary N) is 2. The fraction of sp³-hybridized carbons (Fsp3) is 0.429. The number of guanidine groups is 1. The molecule has 1 aliphatic rings. The average molecular weight is 290 g/mol. The molecule has 0 radical (unpaired) electrons. The molecule has 2 N–H and O–H groups in total. The molecule has 1 aliphatic carbocycles. The molecule has 106 valence electrons. The molecule has 0 unspecified atom stereocenters. The molecular formula is C14H18N4OS. The number of hydrogen-bond acceptors (Lipinski definition) is 4. The van der Waals surface area contributed by atoms with E-state index >= 15 is 0 Å². The first-order valence-electron chi connectivity index (χ1n) is 6.78. The Labute approximate surface area is 122 Å². The summed E-state index contributed by atoms with van der Waals surface area (Å²) in [6, 6.07) is 4.00. The van der Waals surface area contributed by atoms with Gasteiger partial charge >= 0.3 is 0 Å². The van der Waals surface area contributed by atoms with E-state index in [1.165, 1.54) is 12.8 Å². The Bertz CT molecular complexity index is 572. The topological polar surface area (TPSA) is 62.5 Å². The number of aliphatic imine (C=N–C) groups is 1. The van der Waals surface area contributed by atoms with Crippen LogP contribution in [0.25, 0.3) is 10.8 Å². The van der Waals surface area contributed by atoms with Crippen LogP contribution < -0.4 is 10.6 Å². The molecule has 5 nitrogen and oxygen atoms in total. The van der Waals surface area contributed by atoms with Crippen molar-refractivity contribution in [1.29, 1.82) is 0 Å². The summed E-state index contributed by atoms with van der Waals surface area (Å²) in [4.78, 5) is 9.71. The van der Waals surface area contributed by atoms with Crippen molar-refractivity contribution in [1.82, 2.24) is 15.6 Å². The van der Waals surface area contributed by atoms with Gasteiger partial charge in [0.25, 0.3) is 0 Å². The lowest BCUT2D eigenvalue weighted by Crippen LogP contribution is -2.37. The fourth-order valence-electron chi connectivity index (χ4n) is 1.86. The third-order valence-electron chi connectivity index (χ3n) is 3.20. The predicted molar refractivity (Wildman–Crippen MR) is 80.7 cm³/mol. The smallest absolute Gasteiger partial charge is 0.236 e. The maximum Gasteiger partial charge on any atom is 0.236 e. The minimum absolute atomic E-state index is 0.610. The summed E-state index contributed by atoms with van der Waals surface area (Å²) >= 11 is 1.62. The molecule has 2 heterocycles. The van der Waals surface area contributed by atoms with Crippen LogP contribution in [0.2, 0.25) is 0 Å². The molecule has 0 aromatic carbocycles. The predicted octanol–water partition coefficient (Wildman–Crippen LogP) is 2.48. The molecule has 0 bridgehead atoms. The number of hydrogen-bond donors (Lipinski definition) is 2. The average Bonchev–Trinajstić information content (AvgIpc) is 2.94. The van der Waals surface area contributed by atoms with Crippen molar-refractivity contribution >= 4 is 17.3 Å². The zero-order chi connectivity index (χ0) is 13.8. The van der Waals surface area contributed by atoms with Crippen LogP contribution in [0.3, 0.4) is 0 Å². The molecule has 2 aromatic heterocycles. The molecule has 0 spiro atoms. The van der Waals surface area contributed by atoms with E-state index in [2.05, 4.69) is 20.6 Å². The zero-order valence-electron chi connectivity index (χ0n) is 11.4. The van der Waals surface area contributed by atoms with Gasteiger partial charge < -0.3 is 15.1 Å². The van der Waals surface area contributed by atoms with E-state index in [-0.39, 0.29) is 0 Å². The highest BCUT2D eigenvalue weighted by atomic mass is 32.1. The Hall–Kier alpha value is -1.82. The first-order valence-corrected chi connectivity index (χ1v) is 7.66. The minimum atomic E-state index is 0.610. The van der Waals surface area contributed by atoms with E-state index in [1.54, 1.807) is 24.6 Å². The van der Waals surface area contributed by atoms with Gasteiger partial charge in [0.05, 0.1) is 17.1 Å². The summed E-state index contributed by atoms with van der Waals surface area (Å²) < 4.78 is 5.48. The molecule has 20 heavy (non-hydrogen) atoms. The van der Waals surface area contributed by atoms with Crippen molar-refractivity contribution in [3.63, 3.8) is 0 Å². The van der Waals surface area contributed by atoms with Gasteiger partial charge in [0.1, 0.15) is 6.26 Å². The van der Waals surface area contributed by atoms with Crippen molar-refractivity contribution in [3.8, 4) is 10.8 Å². The highest BCUT2D eigenvalue weighted by Gasteiger charge is 2.21. The molecule has 6 heteroatoms. The van der Waals surface area contributed by atoms with Crippen LogP contribution in [-0.2, 0) is 6.54 Å². The van der Waals surface area contributed by atoms with Crippen molar-refractivity contribution < 1.29 is 4.42 Å². The first-order chi connectivity index (χ1) is 9.85. The monoisotopic (exact) mass is 290 g/mol. The minimum Gasteiger partial charge on any atom is -0.443 e. The van der Waals surface area contributed by atoms with Crippen LogP contribution in [-0.4, -0.2) is 24.5 Å². The normalized spacial score (nSPS) is 15.3. The van der Waals surface area contributed by atoms with E-state index < -0.39 is 0 Å². The second kappa shape index (κ2) is 6.09. The molecule has 0 amide bonds. The van der Waals surface area contributed by atoms with Crippen LogP contribution in [0.4, 0.5) is 0 Å². The van der Waals surface area contributed by atoms with Crippen molar-refractivity contribution in [2.45, 2.75) is 19.4 Å². The summed E-state index contributed by atoms with van der Waals surface area (Å²) in [5.41, 5.74) is 0.878. The van der Waals surface area contributed by atoms with E-state index in [9.17, 15) is 0 Å². The Morgan fingerprint density at radius 2 is 2.40 bits per heavy atom. The molecule has 0 aliphatic heterocycles. The number of thiophene rings is 1. The van der Waals surface area contributed by atoms with Gasteiger partial charge in [-0.2, -0.15) is 0 Å². The Kier molecular flexibility index (Phi) is 4.01. The summed E-state index contributed by atoms with van der Waals surface area (Å²) in [6.45, 7) is 1.61. The van der Waals surface area contributed by atoms with Gasteiger partial charge in [0.15, 0.2) is 5.96 Å². The summed E-state index contributed by atoms with van der Waals surface area (Å²) in [7, 11) is 1.78. The van der Waals surface area contributed by atoms with E-state index in [4.69, 9.17) is 4.42 Å². The molecule has 2 aromatic rings. The SMILES string of the molecule is CN=C(NCc1coc(-c2cccs2)n1)NCC1CC1. The van der Waals surface area contributed by atoms with Crippen LogP contribution >= 0.6 is 11.3 Å². The van der Waals surface area contributed by atoms with Crippen molar-refractivity contribution in [2.75, 3.05) is 13.6 Å².